The van der Waals surface area contributed by atoms with Gasteiger partial charge in [-0.3, -0.25) is 0 Å². The third kappa shape index (κ3) is 5.22. The van der Waals surface area contributed by atoms with Gasteiger partial charge in [-0.05, 0) is 75.1 Å². The SMILES string of the molecule is C/C=c1/c(C)cn(-c2cc(C)cc(C(CCC)CCCC)n2)/c1=C/C=C/C. The zero-order valence-corrected chi connectivity index (χ0v) is 18.0. The molecule has 0 aromatic carbocycles. The first-order valence-corrected chi connectivity index (χ1v) is 10.5. The van der Waals surface area contributed by atoms with Crippen LogP contribution in [0.1, 0.15) is 82.5 Å². The average molecular weight is 365 g/mol. The molecule has 2 heteroatoms. The number of aromatic nitrogens is 2. The van der Waals surface area contributed by atoms with E-state index in [1.165, 1.54) is 59.5 Å². The van der Waals surface area contributed by atoms with Crippen molar-refractivity contribution in [1.82, 2.24) is 9.55 Å². The quantitative estimate of drug-likeness (QED) is 0.586. The molecule has 0 spiro atoms. The van der Waals surface area contributed by atoms with Gasteiger partial charge in [0.1, 0.15) is 5.82 Å². The second kappa shape index (κ2) is 10.3. The molecular weight excluding hydrogens is 328 g/mol. The standard InChI is InChI=1S/C25H36N2/c1-7-11-14-21(13-9-3)23-16-19(5)17-25(26-23)27-18-20(6)22(10-4)24(27)15-12-8-2/h8,10,12,15-18,21H,7,9,11,13-14H2,1-6H3/b12-8+,22-10-,24-15+. The molecule has 0 aliphatic rings. The fraction of sp³-hybridized carbons (Fsp3) is 0.480. The van der Waals surface area contributed by atoms with Gasteiger partial charge in [0, 0.05) is 17.8 Å². The van der Waals surface area contributed by atoms with Crippen molar-refractivity contribution >= 4 is 12.2 Å². The molecule has 2 aromatic rings. The van der Waals surface area contributed by atoms with Crippen molar-refractivity contribution in [2.75, 3.05) is 0 Å². The van der Waals surface area contributed by atoms with Gasteiger partial charge in [-0.2, -0.15) is 0 Å². The van der Waals surface area contributed by atoms with Gasteiger partial charge in [0.15, 0.2) is 0 Å². The zero-order valence-electron chi connectivity index (χ0n) is 18.0. The molecule has 1 atom stereocenters. The van der Waals surface area contributed by atoms with Crippen molar-refractivity contribution < 1.29 is 0 Å². The Kier molecular flexibility index (Phi) is 8.09. The summed E-state index contributed by atoms with van der Waals surface area (Å²) in [7, 11) is 0. The van der Waals surface area contributed by atoms with Gasteiger partial charge in [-0.15, -0.1) is 0 Å². The van der Waals surface area contributed by atoms with E-state index in [0.717, 1.165) is 5.82 Å². The minimum absolute atomic E-state index is 0.561. The Labute approximate surface area is 165 Å². The second-order valence-corrected chi connectivity index (χ2v) is 7.52. The van der Waals surface area contributed by atoms with Crippen molar-refractivity contribution in [3.05, 3.63) is 57.9 Å². The lowest BCUT2D eigenvalue weighted by Gasteiger charge is -2.17. The maximum Gasteiger partial charge on any atom is 0.137 e. The first-order valence-electron chi connectivity index (χ1n) is 10.5. The van der Waals surface area contributed by atoms with E-state index in [2.05, 4.69) is 88.7 Å². The van der Waals surface area contributed by atoms with E-state index in [-0.39, 0.29) is 0 Å². The number of hydrogen-bond donors (Lipinski definition) is 0. The van der Waals surface area contributed by atoms with Crippen LogP contribution in [-0.4, -0.2) is 9.55 Å². The van der Waals surface area contributed by atoms with Crippen LogP contribution in [0.5, 0.6) is 0 Å². The number of nitrogens with zero attached hydrogens (tertiary/aromatic N) is 2. The van der Waals surface area contributed by atoms with Crippen LogP contribution in [0.25, 0.3) is 18.0 Å². The van der Waals surface area contributed by atoms with Gasteiger partial charge in [-0.1, -0.05) is 51.3 Å². The summed E-state index contributed by atoms with van der Waals surface area (Å²) in [4.78, 5) is 5.14. The van der Waals surface area contributed by atoms with E-state index in [4.69, 9.17) is 4.98 Å². The molecule has 0 fully saturated rings. The van der Waals surface area contributed by atoms with Crippen molar-refractivity contribution in [2.45, 2.75) is 79.6 Å². The van der Waals surface area contributed by atoms with Crippen molar-refractivity contribution in [1.29, 1.82) is 0 Å². The molecule has 0 saturated heterocycles. The molecule has 146 valence electrons. The zero-order chi connectivity index (χ0) is 19.8. The Bertz CT molecular complexity index is 884. The highest BCUT2D eigenvalue weighted by molar-refractivity contribution is 5.43. The second-order valence-electron chi connectivity index (χ2n) is 7.52. The maximum absolute atomic E-state index is 5.14. The Balaban J connectivity index is 2.62. The monoisotopic (exact) mass is 364 g/mol. The van der Waals surface area contributed by atoms with E-state index in [0.29, 0.717) is 5.92 Å². The molecule has 2 nitrogen and oxygen atoms in total. The molecule has 2 rings (SSSR count). The Morgan fingerprint density at radius 2 is 1.85 bits per heavy atom. The number of pyridine rings is 1. The average Bonchev–Trinajstić information content (AvgIpc) is 2.98. The minimum atomic E-state index is 0.561. The molecule has 0 radical (unpaired) electrons. The highest BCUT2D eigenvalue weighted by Gasteiger charge is 2.14. The van der Waals surface area contributed by atoms with Crippen molar-refractivity contribution in [3.63, 3.8) is 0 Å². The van der Waals surface area contributed by atoms with E-state index >= 15 is 0 Å². The smallest absolute Gasteiger partial charge is 0.137 e. The largest absolute Gasteiger partial charge is 0.301 e. The summed E-state index contributed by atoms with van der Waals surface area (Å²) in [5, 5.41) is 2.49. The predicted molar refractivity (Wildman–Crippen MR) is 119 cm³/mol. The van der Waals surface area contributed by atoms with Crippen molar-refractivity contribution in [3.8, 4) is 5.82 Å². The van der Waals surface area contributed by atoms with Crippen LogP contribution in [0, 0.1) is 13.8 Å². The van der Waals surface area contributed by atoms with Gasteiger partial charge in [-0.25, -0.2) is 4.98 Å². The Hall–Kier alpha value is -2.09. The summed E-state index contributed by atoms with van der Waals surface area (Å²) < 4.78 is 2.25. The third-order valence-electron chi connectivity index (χ3n) is 5.20. The van der Waals surface area contributed by atoms with E-state index in [9.17, 15) is 0 Å². The third-order valence-corrected chi connectivity index (χ3v) is 5.20. The fourth-order valence-electron chi connectivity index (χ4n) is 3.83. The highest BCUT2D eigenvalue weighted by Crippen LogP contribution is 2.27. The Morgan fingerprint density at radius 1 is 1.07 bits per heavy atom. The summed E-state index contributed by atoms with van der Waals surface area (Å²) in [5.74, 6) is 1.60. The molecule has 0 N–H and O–H groups in total. The summed E-state index contributed by atoms with van der Waals surface area (Å²) in [6, 6.07) is 4.50. The summed E-state index contributed by atoms with van der Waals surface area (Å²) in [5.41, 5.74) is 3.83. The number of aryl methyl sites for hydroxylation is 2. The molecule has 27 heavy (non-hydrogen) atoms. The van der Waals surface area contributed by atoms with Crippen LogP contribution in [0.15, 0.2) is 30.5 Å². The predicted octanol–water partition coefficient (Wildman–Crippen LogP) is 5.72. The summed E-state index contributed by atoms with van der Waals surface area (Å²) in [6.45, 7) is 13.1. The Morgan fingerprint density at radius 3 is 2.48 bits per heavy atom. The molecule has 0 saturated carbocycles. The molecule has 0 aliphatic heterocycles. The lowest BCUT2D eigenvalue weighted by atomic mass is 9.92. The van der Waals surface area contributed by atoms with E-state index in [1.807, 2.05) is 0 Å². The van der Waals surface area contributed by atoms with Crippen LogP contribution < -0.4 is 10.6 Å². The molecule has 2 aromatic heterocycles. The first-order chi connectivity index (χ1) is 13.0. The van der Waals surface area contributed by atoms with E-state index in [1.54, 1.807) is 0 Å². The van der Waals surface area contributed by atoms with Crippen LogP contribution >= 0.6 is 0 Å². The maximum atomic E-state index is 5.14. The van der Waals surface area contributed by atoms with Crippen molar-refractivity contribution in [2.24, 2.45) is 0 Å². The molecule has 0 amide bonds. The molecular formula is C25H36N2. The number of allylic oxidation sites excluding steroid dienone is 2. The normalized spacial score (nSPS) is 14.4. The number of rotatable bonds is 8. The first kappa shape index (κ1) is 21.2. The van der Waals surface area contributed by atoms with Gasteiger partial charge in [0.25, 0.3) is 0 Å². The highest BCUT2D eigenvalue weighted by atomic mass is 15.1. The van der Waals surface area contributed by atoms with Gasteiger partial charge in [0.2, 0.25) is 0 Å². The lowest BCUT2D eigenvalue weighted by molar-refractivity contribution is 0.529. The lowest BCUT2D eigenvalue weighted by Crippen LogP contribution is -2.29. The molecule has 1 unspecified atom stereocenters. The van der Waals surface area contributed by atoms with Crippen LogP contribution in [-0.2, 0) is 0 Å². The molecule has 0 bridgehead atoms. The minimum Gasteiger partial charge on any atom is -0.301 e. The van der Waals surface area contributed by atoms with Crippen LogP contribution in [0.2, 0.25) is 0 Å². The topological polar surface area (TPSA) is 17.8 Å². The number of hydrogen-bond acceptors (Lipinski definition) is 1. The van der Waals surface area contributed by atoms with Crippen LogP contribution in [0.4, 0.5) is 0 Å². The summed E-state index contributed by atoms with van der Waals surface area (Å²) in [6.07, 6.45) is 16.9. The van der Waals surface area contributed by atoms with Gasteiger partial charge < -0.3 is 4.57 Å². The van der Waals surface area contributed by atoms with E-state index < -0.39 is 0 Å². The molecule has 0 aliphatic carbocycles. The van der Waals surface area contributed by atoms with Gasteiger partial charge in [0.05, 0.1) is 5.35 Å². The van der Waals surface area contributed by atoms with Gasteiger partial charge >= 0.3 is 0 Å². The number of unbranched alkanes of at least 4 members (excludes halogenated alkanes) is 1. The summed E-state index contributed by atoms with van der Waals surface area (Å²) >= 11 is 0. The van der Waals surface area contributed by atoms with Crippen LogP contribution in [0.3, 0.4) is 0 Å². The fourth-order valence-corrected chi connectivity index (χ4v) is 3.83. The molecule has 2 heterocycles.